The predicted molar refractivity (Wildman–Crippen MR) is 71.2 cm³/mol. The van der Waals surface area contributed by atoms with E-state index in [1.54, 1.807) is 6.66 Å². The predicted octanol–water partition coefficient (Wildman–Crippen LogP) is 1.25. The van der Waals surface area contributed by atoms with Gasteiger partial charge < -0.3 is 18.0 Å². The molecule has 0 aromatic heterocycles. The fourth-order valence-electron chi connectivity index (χ4n) is 0.998. The number of nitrogens with zero attached hydrogens (tertiary/aromatic N) is 2. The molecule has 0 aromatic carbocycles. The minimum absolute atomic E-state index is 0.460. The van der Waals surface area contributed by atoms with Crippen LogP contribution in [0.4, 0.5) is 0 Å². The first-order valence-electron chi connectivity index (χ1n) is 5.89. The van der Waals surface area contributed by atoms with Gasteiger partial charge in [-0.05, 0) is 0 Å². The molecule has 0 fully saturated rings. The molecule has 0 N–H and O–H groups in total. The van der Waals surface area contributed by atoms with Crippen molar-refractivity contribution in [2.24, 2.45) is 0 Å². The standard InChI is InChI=1S/C11H29N2O3P/c1-12(2,3)8-10-15-17(7,14)16-11-9-13(4,5)6/h8-11H2,1-7H3/q+2. The minimum Gasteiger partial charge on any atom is -0.329 e. The summed E-state index contributed by atoms with van der Waals surface area (Å²) in [5.41, 5.74) is 0. The van der Waals surface area contributed by atoms with E-state index < -0.39 is 7.60 Å². The van der Waals surface area contributed by atoms with Crippen molar-refractivity contribution in [3.05, 3.63) is 0 Å². The monoisotopic (exact) mass is 268 g/mol. The maximum atomic E-state index is 11.9. The third kappa shape index (κ3) is 12.3. The van der Waals surface area contributed by atoms with Crippen LogP contribution in [0.5, 0.6) is 0 Å². The number of hydrogen-bond acceptors (Lipinski definition) is 3. The highest BCUT2D eigenvalue weighted by molar-refractivity contribution is 7.52. The van der Waals surface area contributed by atoms with Crippen molar-refractivity contribution < 1.29 is 22.6 Å². The maximum absolute atomic E-state index is 11.9. The van der Waals surface area contributed by atoms with Crippen LogP contribution in [-0.2, 0) is 13.6 Å². The van der Waals surface area contributed by atoms with Gasteiger partial charge in [0.15, 0.2) is 0 Å². The van der Waals surface area contributed by atoms with Crippen LogP contribution < -0.4 is 0 Å². The van der Waals surface area contributed by atoms with Crippen LogP contribution in [0, 0.1) is 0 Å². The summed E-state index contributed by atoms with van der Waals surface area (Å²) in [4.78, 5) is 0. The van der Waals surface area contributed by atoms with Crippen molar-refractivity contribution in [1.29, 1.82) is 0 Å². The molecule has 17 heavy (non-hydrogen) atoms. The average Bonchev–Trinajstić information content (AvgIpc) is 1.96. The number of hydrogen-bond donors (Lipinski definition) is 0. The second-order valence-corrected chi connectivity index (χ2v) is 8.52. The van der Waals surface area contributed by atoms with E-state index in [0.717, 1.165) is 22.1 Å². The molecule has 0 aliphatic rings. The van der Waals surface area contributed by atoms with Crippen LogP contribution in [0.25, 0.3) is 0 Å². The molecule has 104 valence electrons. The Morgan fingerprint density at radius 2 is 1.12 bits per heavy atom. The molecule has 6 heteroatoms. The molecular formula is C11H29N2O3P+2. The van der Waals surface area contributed by atoms with E-state index in [4.69, 9.17) is 9.05 Å². The van der Waals surface area contributed by atoms with Gasteiger partial charge in [-0.3, -0.25) is 4.57 Å². The van der Waals surface area contributed by atoms with Crippen LogP contribution in [-0.4, -0.2) is 84.2 Å². The first-order chi connectivity index (χ1) is 7.41. The molecule has 0 spiro atoms. The molecule has 0 bridgehead atoms. The van der Waals surface area contributed by atoms with Crippen molar-refractivity contribution in [3.63, 3.8) is 0 Å². The fourth-order valence-corrected chi connectivity index (χ4v) is 1.90. The number of quaternary nitrogens is 2. The van der Waals surface area contributed by atoms with Gasteiger partial charge in [-0.15, -0.1) is 0 Å². The van der Waals surface area contributed by atoms with E-state index in [0.29, 0.717) is 13.2 Å². The Balaban J connectivity index is 3.85. The SMILES string of the molecule is C[N+](C)(C)CCOP(C)(=O)OCC[N+](C)(C)C. The van der Waals surface area contributed by atoms with Gasteiger partial charge >= 0.3 is 7.60 Å². The molecule has 0 aliphatic carbocycles. The Hall–Kier alpha value is 0.0700. The summed E-state index contributed by atoms with van der Waals surface area (Å²) in [6.07, 6.45) is 0. The van der Waals surface area contributed by atoms with Gasteiger partial charge in [0.1, 0.15) is 26.3 Å². The summed E-state index contributed by atoms with van der Waals surface area (Å²) >= 11 is 0. The summed E-state index contributed by atoms with van der Waals surface area (Å²) in [5.74, 6) is 0. The lowest BCUT2D eigenvalue weighted by atomic mass is 10.5. The molecule has 0 rings (SSSR count). The Morgan fingerprint density at radius 1 is 0.824 bits per heavy atom. The summed E-state index contributed by atoms with van der Waals surface area (Å²) in [6.45, 7) is 4.09. The van der Waals surface area contributed by atoms with Gasteiger partial charge in [-0.25, -0.2) is 0 Å². The second kappa shape index (κ2) is 6.30. The van der Waals surface area contributed by atoms with Gasteiger partial charge in [0.2, 0.25) is 0 Å². The summed E-state index contributed by atoms with van der Waals surface area (Å²) in [5, 5.41) is 0. The van der Waals surface area contributed by atoms with Crippen molar-refractivity contribution in [2.45, 2.75) is 0 Å². The maximum Gasteiger partial charge on any atom is 0.328 e. The fraction of sp³-hybridized carbons (Fsp3) is 1.00. The largest absolute Gasteiger partial charge is 0.329 e. The highest BCUT2D eigenvalue weighted by Crippen LogP contribution is 2.43. The van der Waals surface area contributed by atoms with E-state index in [9.17, 15) is 4.57 Å². The lowest BCUT2D eigenvalue weighted by Gasteiger charge is -2.26. The summed E-state index contributed by atoms with van der Waals surface area (Å²) in [7, 11) is 9.54. The van der Waals surface area contributed by atoms with Crippen LogP contribution in [0.15, 0.2) is 0 Å². The molecule has 0 radical (unpaired) electrons. The first-order valence-corrected chi connectivity index (χ1v) is 7.88. The van der Waals surface area contributed by atoms with Gasteiger partial charge in [0.05, 0.1) is 42.3 Å². The van der Waals surface area contributed by atoms with E-state index in [-0.39, 0.29) is 0 Å². The molecule has 0 heterocycles. The zero-order valence-electron chi connectivity index (χ0n) is 12.4. The van der Waals surface area contributed by atoms with E-state index >= 15 is 0 Å². The van der Waals surface area contributed by atoms with Crippen LogP contribution in [0.3, 0.4) is 0 Å². The topological polar surface area (TPSA) is 35.5 Å². The molecule has 0 saturated heterocycles. The van der Waals surface area contributed by atoms with Crippen molar-refractivity contribution in [1.82, 2.24) is 0 Å². The van der Waals surface area contributed by atoms with Gasteiger partial charge in [-0.2, -0.15) is 0 Å². The molecule has 0 aliphatic heterocycles. The van der Waals surface area contributed by atoms with E-state index in [1.807, 2.05) is 0 Å². The van der Waals surface area contributed by atoms with Crippen LogP contribution in [0.2, 0.25) is 0 Å². The van der Waals surface area contributed by atoms with Gasteiger partial charge in [-0.1, -0.05) is 0 Å². The molecule has 0 atom stereocenters. The number of rotatable bonds is 8. The Kier molecular flexibility index (Phi) is 6.33. The normalized spacial score (nSPS) is 14.1. The lowest BCUT2D eigenvalue weighted by Crippen LogP contribution is -2.38. The third-order valence-electron chi connectivity index (χ3n) is 2.18. The van der Waals surface area contributed by atoms with E-state index in [1.165, 1.54) is 0 Å². The van der Waals surface area contributed by atoms with Crippen molar-refractivity contribution >= 4 is 7.60 Å². The van der Waals surface area contributed by atoms with Crippen molar-refractivity contribution in [2.75, 3.05) is 75.3 Å². The third-order valence-corrected chi connectivity index (χ3v) is 3.48. The first kappa shape index (κ1) is 17.1. The van der Waals surface area contributed by atoms with E-state index in [2.05, 4.69) is 42.3 Å². The molecule has 0 amide bonds. The Morgan fingerprint density at radius 3 is 1.35 bits per heavy atom. The molecule has 0 unspecified atom stereocenters. The average molecular weight is 268 g/mol. The van der Waals surface area contributed by atoms with Crippen LogP contribution >= 0.6 is 7.60 Å². The quantitative estimate of drug-likeness (QED) is 0.491. The molecule has 5 nitrogen and oxygen atoms in total. The Labute approximate surface area is 106 Å². The summed E-state index contributed by atoms with van der Waals surface area (Å²) in [6, 6.07) is 0. The molecular weight excluding hydrogens is 239 g/mol. The number of likely N-dealkylation sites (N-methyl/N-ethyl adjacent to an activating group) is 2. The van der Waals surface area contributed by atoms with Crippen molar-refractivity contribution in [3.8, 4) is 0 Å². The highest BCUT2D eigenvalue weighted by atomic mass is 31.2. The highest BCUT2D eigenvalue weighted by Gasteiger charge is 2.20. The van der Waals surface area contributed by atoms with Gasteiger partial charge in [0, 0.05) is 6.66 Å². The smallest absolute Gasteiger partial charge is 0.328 e. The Bertz CT molecular complexity index is 245. The zero-order chi connectivity index (χ0) is 13.7. The van der Waals surface area contributed by atoms with Crippen LogP contribution in [0.1, 0.15) is 0 Å². The molecule has 0 aromatic rings. The minimum atomic E-state index is -2.88. The van der Waals surface area contributed by atoms with Gasteiger partial charge in [0.25, 0.3) is 0 Å². The summed E-state index contributed by atoms with van der Waals surface area (Å²) < 4.78 is 24.2. The lowest BCUT2D eigenvalue weighted by molar-refractivity contribution is -0.870. The second-order valence-electron chi connectivity index (χ2n) is 6.47. The zero-order valence-corrected chi connectivity index (χ0v) is 13.3. The molecule has 0 saturated carbocycles.